The molecule has 0 saturated heterocycles. The van der Waals surface area contributed by atoms with Gasteiger partial charge in [0.25, 0.3) is 0 Å². The Bertz CT molecular complexity index is 2260. The van der Waals surface area contributed by atoms with E-state index in [9.17, 15) is 38.7 Å². The van der Waals surface area contributed by atoms with Crippen molar-refractivity contribution in [2.75, 3.05) is 37.6 Å². The zero-order valence-corrected chi connectivity index (χ0v) is 36.5. The van der Waals surface area contributed by atoms with Gasteiger partial charge in [0.05, 0.1) is 51.8 Å². The third kappa shape index (κ3) is 15.3. The van der Waals surface area contributed by atoms with E-state index in [1.807, 2.05) is 0 Å². The third-order valence-electron chi connectivity index (χ3n) is 9.59. The Morgan fingerprint density at radius 1 is 0.688 bits per heavy atom. The molecule has 0 unspecified atom stereocenters. The number of aromatic nitrogens is 4. The molecule has 0 bridgehead atoms. The van der Waals surface area contributed by atoms with E-state index in [-0.39, 0.29) is 64.8 Å². The number of nitrogens with zero attached hydrogens (tertiary/aromatic N) is 5. The second-order valence-corrected chi connectivity index (χ2v) is 17.4. The number of halogens is 2. The highest BCUT2D eigenvalue weighted by atomic mass is 19.1. The number of anilines is 9. The quantitative estimate of drug-likeness (QED) is 0.0505. The van der Waals surface area contributed by atoms with Crippen LogP contribution in [0.25, 0.3) is 0 Å². The van der Waals surface area contributed by atoms with E-state index in [1.54, 1.807) is 41.5 Å². The second-order valence-electron chi connectivity index (χ2n) is 17.4. The second kappa shape index (κ2) is 21.1. The molecule has 2 fully saturated rings. The van der Waals surface area contributed by atoms with E-state index in [0.29, 0.717) is 42.9 Å². The monoisotopic (exact) mass is 894 g/mol. The van der Waals surface area contributed by atoms with Gasteiger partial charge in [-0.25, -0.2) is 28.3 Å². The van der Waals surface area contributed by atoms with Crippen molar-refractivity contribution in [3.63, 3.8) is 0 Å². The zero-order chi connectivity index (χ0) is 46.8. The molecule has 2 aromatic carbocycles. The first-order chi connectivity index (χ1) is 30.1. The summed E-state index contributed by atoms with van der Waals surface area (Å²) in [5.74, 6) is -0.448. The fourth-order valence-corrected chi connectivity index (χ4v) is 6.60. The number of hydrogen-bond donors (Lipinski definition) is 9. The normalized spacial score (nSPS) is 18.6. The van der Waals surface area contributed by atoms with Gasteiger partial charge in [0, 0.05) is 12.1 Å². The minimum Gasteiger partial charge on any atom is -0.444 e. The molecule has 6 rings (SSSR count). The van der Waals surface area contributed by atoms with E-state index in [0.717, 1.165) is 37.9 Å². The van der Waals surface area contributed by atoms with Crippen LogP contribution in [0.5, 0.6) is 0 Å². The number of nitrogens with two attached hydrogens (primary N) is 1. The summed E-state index contributed by atoms with van der Waals surface area (Å²) in [4.78, 5) is 51.8. The first-order valence-corrected chi connectivity index (χ1v) is 20.8. The van der Waals surface area contributed by atoms with Gasteiger partial charge in [-0.05, 0) is 129 Å². The van der Waals surface area contributed by atoms with Gasteiger partial charge < -0.3 is 46.7 Å². The molecule has 2 amide bonds. The molecule has 2 aliphatic carbocycles. The molecule has 22 heteroatoms. The molecule has 346 valence electrons. The Kier molecular flexibility index (Phi) is 16.0. The minimum atomic E-state index is -0.733. The fourth-order valence-electron chi connectivity index (χ4n) is 6.60. The summed E-state index contributed by atoms with van der Waals surface area (Å²) in [6.45, 7) is 10.4. The van der Waals surface area contributed by atoms with E-state index in [2.05, 4.69) is 51.8 Å². The Balaban J connectivity index is 0.000000241. The maximum absolute atomic E-state index is 13.9. The highest BCUT2D eigenvalue weighted by Gasteiger charge is 2.26. The molecule has 0 aliphatic heterocycles. The maximum Gasteiger partial charge on any atom is 0.412 e. The molecule has 2 heterocycles. The molecule has 0 radical (unpaired) electrons. The number of nitro groups is 1. The Morgan fingerprint density at radius 2 is 1.09 bits per heavy atom. The molecule has 2 aromatic heterocycles. The summed E-state index contributed by atoms with van der Waals surface area (Å²) in [6.07, 6.45) is 5.98. The van der Waals surface area contributed by atoms with Crippen molar-refractivity contribution in [2.24, 2.45) is 0 Å². The Morgan fingerprint density at radius 3 is 1.52 bits per heavy atom. The van der Waals surface area contributed by atoms with Gasteiger partial charge in [-0.1, -0.05) is 0 Å². The molecule has 2 saturated carbocycles. The lowest BCUT2D eigenvalue weighted by atomic mass is 9.93. The summed E-state index contributed by atoms with van der Waals surface area (Å²) in [5.41, 5.74) is 5.61. The highest BCUT2D eigenvalue weighted by Crippen LogP contribution is 2.32. The van der Waals surface area contributed by atoms with Crippen molar-refractivity contribution in [1.29, 1.82) is 0 Å². The van der Waals surface area contributed by atoms with Crippen LogP contribution in [0.4, 0.5) is 76.0 Å². The number of rotatable bonds is 11. The molecule has 0 spiro atoms. The number of ether oxygens (including phenoxy) is 2. The lowest BCUT2D eigenvalue weighted by molar-refractivity contribution is -0.384. The minimum absolute atomic E-state index is 0.0111. The molecule has 20 nitrogen and oxygen atoms in total. The number of carbonyl (C=O) groups is 2. The van der Waals surface area contributed by atoms with Crippen molar-refractivity contribution >= 4 is 69.8 Å². The summed E-state index contributed by atoms with van der Waals surface area (Å²) < 4.78 is 38.2. The molecule has 10 N–H and O–H groups in total. The largest absolute Gasteiger partial charge is 0.444 e. The molecule has 4 aromatic rings. The van der Waals surface area contributed by atoms with Crippen molar-refractivity contribution in [3.8, 4) is 0 Å². The smallest absolute Gasteiger partial charge is 0.412 e. The average Bonchev–Trinajstić information content (AvgIpc) is 3.19. The van der Waals surface area contributed by atoms with Crippen molar-refractivity contribution < 1.29 is 43.0 Å². The van der Waals surface area contributed by atoms with Crippen LogP contribution in [0.1, 0.15) is 92.9 Å². The first kappa shape index (κ1) is 48.4. The topological polar surface area (TPSA) is 286 Å². The number of aliphatic hydroxyl groups excluding tert-OH is 2. The third-order valence-corrected chi connectivity index (χ3v) is 9.59. The number of benzene rings is 2. The van der Waals surface area contributed by atoms with E-state index in [1.165, 1.54) is 36.5 Å². The van der Waals surface area contributed by atoms with Gasteiger partial charge in [0.1, 0.15) is 29.0 Å². The summed E-state index contributed by atoms with van der Waals surface area (Å²) in [5, 5.41) is 48.0. The number of amides is 2. The van der Waals surface area contributed by atoms with Gasteiger partial charge in [-0.2, -0.15) is 9.97 Å². The van der Waals surface area contributed by atoms with Crippen LogP contribution in [0, 0.1) is 21.7 Å². The SMILES string of the molecule is CC(C)(C)OC(=O)Nc1ccc(F)cc1Nc1ncc(N)c(NC2CCC(O)CC2)n1.CC(C)(C)OC(=O)Nc1ccc(F)cc1Nc1ncc([N+](=O)[O-])c(NC2CCC(O)CC2)n1. The van der Waals surface area contributed by atoms with Gasteiger partial charge >= 0.3 is 17.9 Å². The summed E-state index contributed by atoms with van der Waals surface area (Å²) in [7, 11) is 0. The lowest BCUT2D eigenvalue weighted by Gasteiger charge is -2.27. The molecule has 0 atom stereocenters. The number of aliphatic hydroxyl groups is 2. The van der Waals surface area contributed by atoms with Crippen LogP contribution >= 0.6 is 0 Å². The van der Waals surface area contributed by atoms with Crippen LogP contribution < -0.4 is 37.6 Å². The molecular formula is C42H56F2N12O8. The van der Waals surface area contributed by atoms with E-state index < -0.39 is 39.9 Å². The number of nitrogen functional groups attached to an aromatic ring is 1. The molecular weight excluding hydrogens is 839 g/mol. The predicted octanol–water partition coefficient (Wildman–Crippen LogP) is 8.33. The highest BCUT2D eigenvalue weighted by molar-refractivity contribution is 5.91. The van der Waals surface area contributed by atoms with Gasteiger partial charge in [-0.3, -0.25) is 20.7 Å². The van der Waals surface area contributed by atoms with Crippen LogP contribution in [0.2, 0.25) is 0 Å². The van der Waals surface area contributed by atoms with E-state index in [4.69, 9.17) is 15.2 Å². The Labute approximate surface area is 368 Å². The number of carbonyl (C=O) groups excluding carboxylic acids is 2. The van der Waals surface area contributed by atoms with Crippen molar-refractivity contribution in [3.05, 3.63) is 70.5 Å². The fraction of sp³-hybridized carbons (Fsp3) is 0.476. The summed E-state index contributed by atoms with van der Waals surface area (Å²) in [6, 6.07) is 7.58. The number of hydrogen-bond acceptors (Lipinski definition) is 17. The molecule has 64 heavy (non-hydrogen) atoms. The predicted molar refractivity (Wildman–Crippen MR) is 238 cm³/mol. The van der Waals surface area contributed by atoms with Crippen molar-refractivity contribution in [1.82, 2.24) is 19.9 Å². The van der Waals surface area contributed by atoms with Crippen LogP contribution in [0.3, 0.4) is 0 Å². The zero-order valence-electron chi connectivity index (χ0n) is 36.5. The van der Waals surface area contributed by atoms with Crippen LogP contribution in [-0.4, -0.2) is 82.8 Å². The summed E-state index contributed by atoms with van der Waals surface area (Å²) >= 11 is 0. The lowest BCUT2D eigenvalue weighted by Crippen LogP contribution is -2.29. The van der Waals surface area contributed by atoms with E-state index >= 15 is 0 Å². The maximum atomic E-state index is 13.9. The standard InChI is InChI=1S/C21H27FN6O5.C21H29FN6O3/c1-21(2,3)33-20(30)26-15-9-4-12(22)10-16(15)25-19-23-11-17(28(31)32)18(27-19)24-13-5-7-14(29)8-6-13;1-21(2,3)31-20(30)27-16-9-4-12(22)10-17(16)26-19-24-11-15(23)18(28-19)25-13-5-7-14(29)8-6-13/h4,9-11,13-14,29H,5-8H2,1-3H3,(H,26,30)(H2,23,24,25,27);4,9-11,13-14,29H,5-8,23H2,1-3H3,(H,27,30)(H2,24,25,26,28). The van der Waals surface area contributed by atoms with Crippen molar-refractivity contribution in [2.45, 2.75) is 128 Å². The average molecular weight is 895 g/mol. The first-order valence-electron chi connectivity index (χ1n) is 20.8. The van der Waals surface area contributed by atoms with Gasteiger partial charge in [0.2, 0.25) is 17.7 Å². The van der Waals surface area contributed by atoms with Gasteiger partial charge in [0.15, 0.2) is 5.82 Å². The molecule has 2 aliphatic rings. The number of nitrogens with one attached hydrogen (secondary N) is 6. The van der Waals surface area contributed by atoms with Gasteiger partial charge in [-0.15, -0.1) is 0 Å². The van der Waals surface area contributed by atoms with Crippen LogP contribution in [-0.2, 0) is 9.47 Å². The van der Waals surface area contributed by atoms with Crippen LogP contribution in [0.15, 0.2) is 48.8 Å². The Hall–Kier alpha value is -6.68.